The van der Waals surface area contributed by atoms with Gasteiger partial charge in [0.25, 0.3) is 11.5 Å². The minimum absolute atomic E-state index is 0.0980. The van der Waals surface area contributed by atoms with Crippen molar-refractivity contribution in [1.29, 1.82) is 5.26 Å². The van der Waals surface area contributed by atoms with E-state index in [4.69, 9.17) is 10.00 Å². The summed E-state index contributed by atoms with van der Waals surface area (Å²) in [6, 6.07) is 19.9. The number of nitrogens with one attached hydrogen (secondary N) is 2. The lowest BCUT2D eigenvalue weighted by atomic mass is 10.0. The van der Waals surface area contributed by atoms with E-state index >= 15 is 0 Å². The summed E-state index contributed by atoms with van der Waals surface area (Å²) in [6.07, 6.45) is 1.55. The molecule has 1 fully saturated rings. The first-order valence-corrected chi connectivity index (χ1v) is 14.6. The molecule has 2 amide bonds. The average molecular weight is 593 g/mol. The molecule has 0 aliphatic carbocycles. The van der Waals surface area contributed by atoms with Crippen molar-refractivity contribution in [3.05, 3.63) is 94.0 Å². The largest absolute Gasteiger partial charge is 0.443 e. The Bertz CT molecular complexity index is 1830. The molecule has 10 nitrogen and oxygen atoms in total. The number of benzene rings is 3. The zero-order chi connectivity index (χ0) is 31.6. The van der Waals surface area contributed by atoms with E-state index in [1.807, 2.05) is 46.8 Å². The van der Waals surface area contributed by atoms with E-state index in [9.17, 15) is 14.4 Å². The molecule has 5 rings (SSSR count). The van der Waals surface area contributed by atoms with Gasteiger partial charge in [-0.2, -0.15) is 5.26 Å². The molecule has 1 aromatic heterocycles. The molecule has 2 heterocycles. The third-order valence-electron chi connectivity index (χ3n) is 7.41. The lowest BCUT2D eigenvalue weighted by Crippen LogP contribution is -2.60. The number of hydrogen-bond donors (Lipinski definition) is 2. The number of aryl methyl sites for hydroxylation is 1. The smallest absolute Gasteiger partial charge is 0.415 e. The van der Waals surface area contributed by atoms with Gasteiger partial charge in [0.1, 0.15) is 11.9 Å². The number of rotatable bonds is 7. The maximum atomic E-state index is 13.9. The second-order valence-electron chi connectivity index (χ2n) is 12.2. The molecular formula is C34H36N6O4. The van der Waals surface area contributed by atoms with Crippen LogP contribution in [0.1, 0.15) is 49.2 Å². The van der Waals surface area contributed by atoms with Crippen molar-refractivity contribution in [1.82, 2.24) is 14.9 Å². The van der Waals surface area contributed by atoms with Gasteiger partial charge in [0, 0.05) is 35.9 Å². The van der Waals surface area contributed by atoms with Gasteiger partial charge < -0.3 is 15.4 Å². The molecule has 4 aromatic rings. The zero-order valence-corrected chi connectivity index (χ0v) is 25.5. The summed E-state index contributed by atoms with van der Waals surface area (Å²) in [5, 5.41) is 15.6. The molecule has 1 unspecified atom stereocenters. The lowest BCUT2D eigenvalue weighted by Gasteiger charge is -2.38. The fraction of sp³-hybridized carbons (Fsp3) is 0.324. The number of aromatic nitrogens is 2. The highest BCUT2D eigenvalue weighted by atomic mass is 16.6. The molecular weight excluding hydrogens is 556 g/mol. The number of hydrogen-bond acceptors (Lipinski definition) is 7. The number of ether oxygens (including phenoxy) is 1. The van der Waals surface area contributed by atoms with E-state index in [0.717, 1.165) is 11.1 Å². The summed E-state index contributed by atoms with van der Waals surface area (Å²) < 4.78 is 7.13. The maximum absolute atomic E-state index is 13.9. The molecule has 44 heavy (non-hydrogen) atoms. The van der Waals surface area contributed by atoms with Crippen molar-refractivity contribution in [2.75, 3.05) is 23.3 Å². The Morgan fingerprint density at radius 2 is 1.93 bits per heavy atom. The first-order chi connectivity index (χ1) is 20.9. The van der Waals surface area contributed by atoms with E-state index < -0.39 is 11.7 Å². The molecule has 10 heteroatoms. The van der Waals surface area contributed by atoms with Crippen LogP contribution in [-0.2, 0) is 11.2 Å². The van der Waals surface area contributed by atoms with Crippen molar-refractivity contribution in [3.8, 4) is 11.8 Å². The molecule has 226 valence electrons. The predicted molar refractivity (Wildman–Crippen MR) is 170 cm³/mol. The summed E-state index contributed by atoms with van der Waals surface area (Å²) in [6.45, 7) is 10.4. The van der Waals surface area contributed by atoms with Crippen LogP contribution in [0.15, 0.2) is 71.8 Å². The first-order valence-electron chi connectivity index (χ1n) is 14.6. The van der Waals surface area contributed by atoms with Crippen LogP contribution in [0.25, 0.3) is 16.6 Å². The molecule has 1 aliphatic rings. The first kappa shape index (κ1) is 30.4. The van der Waals surface area contributed by atoms with Crippen LogP contribution in [0.2, 0.25) is 0 Å². The van der Waals surface area contributed by atoms with Crippen LogP contribution < -0.4 is 21.1 Å². The summed E-state index contributed by atoms with van der Waals surface area (Å²) in [5.41, 5.74) is 3.35. The summed E-state index contributed by atoms with van der Waals surface area (Å²) >= 11 is 0. The van der Waals surface area contributed by atoms with Crippen LogP contribution in [0.3, 0.4) is 0 Å². The highest BCUT2D eigenvalue weighted by Gasteiger charge is 2.33. The summed E-state index contributed by atoms with van der Waals surface area (Å²) in [7, 11) is 0. The number of amides is 2. The van der Waals surface area contributed by atoms with Gasteiger partial charge in [-0.05, 0) is 94.6 Å². The van der Waals surface area contributed by atoms with Gasteiger partial charge in [-0.3, -0.25) is 19.1 Å². The van der Waals surface area contributed by atoms with E-state index in [2.05, 4.69) is 21.7 Å². The highest BCUT2D eigenvalue weighted by Crippen LogP contribution is 2.26. The van der Waals surface area contributed by atoms with E-state index in [0.29, 0.717) is 53.0 Å². The normalized spacial score (nSPS) is 13.9. The Kier molecular flexibility index (Phi) is 8.52. The molecule has 1 atom stereocenters. The van der Waals surface area contributed by atoms with Crippen LogP contribution >= 0.6 is 0 Å². The number of carbonyl (C=O) groups excluding carboxylic acids is 2. The predicted octanol–water partition coefficient (Wildman–Crippen LogP) is 5.36. The molecule has 3 aromatic carbocycles. The molecule has 1 aliphatic heterocycles. The van der Waals surface area contributed by atoms with E-state index in [1.165, 1.54) is 10.9 Å². The zero-order valence-electron chi connectivity index (χ0n) is 25.5. The van der Waals surface area contributed by atoms with Crippen LogP contribution in [-0.4, -0.2) is 46.3 Å². The van der Waals surface area contributed by atoms with Gasteiger partial charge in [0.2, 0.25) is 0 Å². The lowest BCUT2D eigenvalue weighted by molar-refractivity contribution is 0.0554. The SMILES string of the molecule is Cc1ccc(NC(=O)c2cccc(CC(C)C#N)c2)cc1-n1cnc2ccc(N(C(=O)OC(C)(C)C)C3CNC3)cc2c1=O. The Hall–Kier alpha value is -5.01. The van der Waals surface area contributed by atoms with Crippen molar-refractivity contribution >= 4 is 34.3 Å². The average Bonchev–Trinajstić information content (AvgIpc) is 2.95. The topological polar surface area (TPSA) is 129 Å². The Balaban J connectivity index is 1.46. The number of anilines is 2. The van der Waals surface area contributed by atoms with Gasteiger partial charge in [-0.1, -0.05) is 18.2 Å². The maximum Gasteiger partial charge on any atom is 0.415 e. The molecule has 0 bridgehead atoms. The Morgan fingerprint density at radius 1 is 1.16 bits per heavy atom. The Morgan fingerprint density at radius 3 is 2.61 bits per heavy atom. The molecule has 2 N–H and O–H groups in total. The van der Waals surface area contributed by atoms with Crippen LogP contribution in [0.4, 0.5) is 16.2 Å². The Labute approximate surface area is 256 Å². The highest BCUT2D eigenvalue weighted by molar-refractivity contribution is 6.04. The number of carbonyl (C=O) groups is 2. The van der Waals surface area contributed by atoms with Gasteiger partial charge in [0.15, 0.2) is 0 Å². The molecule has 1 saturated heterocycles. The summed E-state index contributed by atoms with van der Waals surface area (Å²) in [4.78, 5) is 46.3. The quantitative estimate of drug-likeness (QED) is 0.295. The standard InChI is InChI=1S/C34H36N6O4/c1-21(17-35)13-23-7-6-8-24(14-23)31(41)38-25-10-9-22(2)30(15-25)39-20-37-29-12-11-26(16-28(29)32(39)42)40(27-18-36-19-27)33(43)44-34(3,4)5/h6-12,14-16,20-21,27,36H,13,18-19H2,1-5H3,(H,38,41). The van der Waals surface area contributed by atoms with Crippen LogP contribution in [0, 0.1) is 24.2 Å². The van der Waals surface area contributed by atoms with E-state index in [-0.39, 0.29) is 23.4 Å². The molecule has 0 saturated carbocycles. The van der Waals surface area contributed by atoms with Gasteiger partial charge >= 0.3 is 6.09 Å². The number of nitriles is 1. The number of nitrogens with zero attached hydrogens (tertiary/aromatic N) is 4. The third-order valence-corrected chi connectivity index (χ3v) is 7.41. The van der Waals surface area contributed by atoms with Crippen molar-refractivity contribution in [3.63, 3.8) is 0 Å². The van der Waals surface area contributed by atoms with Crippen LogP contribution in [0.5, 0.6) is 0 Å². The van der Waals surface area contributed by atoms with Crippen molar-refractivity contribution in [2.45, 2.75) is 52.7 Å². The fourth-order valence-electron chi connectivity index (χ4n) is 5.05. The minimum Gasteiger partial charge on any atom is -0.443 e. The fourth-order valence-corrected chi connectivity index (χ4v) is 5.05. The monoisotopic (exact) mass is 592 g/mol. The second kappa shape index (κ2) is 12.3. The van der Waals surface area contributed by atoms with Gasteiger partial charge in [0.05, 0.1) is 28.7 Å². The molecule has 0 radical (unpaired) electrons. The number of fused-ring (bicyclic) bond motifs is 1. The van der Waals surface area contributed by atoms with Crippen molar-refractivity contribution in [2.24, 2.45) is 5.92 Å². The summed E-state index contributed by atoms with van der Waals surface area (Å²) in [5.74, 6) is -0.457. The third kappa shape index (κ3) is 6.63. The second-order valence-corrected chi connectivity index (χ2v) is 12.2. The van der Waals surface area contributed by atoms with Gasteiger partial charge in [-0.15, -0.1) is 0 Å². The minimum atomic E-state index is -0.672. The van der Waals surface area contributed by atoms with Crippen molar-refractivity contribution < 1.29 is 14.3 Å². The van der Waals surface area contributed by atoms with Gasteiger partial charge in [-0.25, -0.2) is 9.78 Å². The molecule has 0 spiro atoms. The van der Waals surface area contributed by atoms with E-state index in [1.54, 1.807) is 53.4 Å².